The van der Waals surface area contributed by atoms with Gasteiger partial charge in [-0.25, -0.2) is 4.98 Å². The van der Waals surface area contributed by atoms with Crippen LogP contribution < -0.4 is 0 Å². The molecule has 1 aliphatic carbocycles. The first-order chi connectivity index (χ1) is 7.75. The molecule has 16 heavy (non-hydrogen) atoms. The summed E-state index contributed by atoms with van der Waals surface area (Å²) in [6.45, 7) is 6.00. The number of allylic oxidation sites excluding steroid dienone is 3. The van der Waals surface area contributed by atoms with Crippen molar-refractivity contribution in [2.24, 2.45) is 0 Å². The quantitative estimate of drug-likeness (QED) is 0.536. The maximum atomic E-state index is 4.18. The van der Waals surface area contributed by atoms with E-state index in [4.69, 9.17) is 0 Å². The van der Waals surface area contributed by atoms with Gasteiger partial charge < -0.3 is 0 Å². The van der Waals surface area contributed by atoms with Crippen molar-refractivity contribution in [1.29, 1.82) is 0 Å². The molecule has 0 bridgehead atoms. The van der Waals surface area contributed by atoms with E-state index in [9.17, 15) is 0 Å². The summed E-state index contributed by atoms with van der Waals surface area (Å²) >= 11 is 0. The van der Waals surface area contributed by atoms with Crippen LogP contribution in [0.2, 0.25) is 0 Å². The molecule has 1 heterocycles. The number of hydrogen-bond acceptors (Lipinski definition) is 1. The molecule has 2 rings (SSSR count). The molecule has 0 atom stereocenters. The highest BCUT2D eigenvalue weighted by atomic mass is 14.6. The molecule has 1 nitrogen and oxygen atoms in total. The molecule has 0 fully saturated rings. The van der Waals surface area contributed by atoms with Gasteiger partial charge in [0.15, 0.2) is 0 Å². The third-order valence-corrected chi connectivity index (χ3v) is 2.63. The summed E-state index contributed by atoms with van der Waals surface area (Å²) in [7, 11) is 0. The summed E-state index contributed by atoms with van der Waals surface area (Å²) in [6, 6.07) is 5.80. The van der Waals surface area contributed by atoms with Crippen molar-refractivity contribution in [3.05, 3.63) is 53.4 Å². The van der Waals surface area contributed by atoms with Crippen LogP contribution in [-0.4, -0.2) is 4.98 Å². The molecule has 1 heteroatoms. The van der Waals surface area contributed by atoms with Gasteiger partial charge in [0.1, 0.15) is 5.69 Å². The van der Waals surface area contributed by atoms with Crippen LogP contribution in [0.5, 0.6) is 0 Å². The van der Waals surface area contributed by atoms with Crippen molar-refractivity contribution in [1.82, 2.24) is 4.98 Å². The Morgan fingerprint density at radius 1 is 1.38 bits per heavy atom. The largest absolute Gasteiger partial charge is 0.248 e. The van der Waals surface area contributed by atoms with E-state index in [0.717, 1.165) is 18.5 Å². The molecule has 0 aliphatic heterocycles. The van der Waals surface area contributed by atoms with E-state index in [0.29, 0.717) is 0 Å². The van der Waals surface area contributed by atoms with Crippen LogP contribution in [0.25, 0.3) is 0 Å². The van der Waals surface area contributed by atoms with E-state index in [-0.39, 0.29) is 0 Å². The molecule has 0 amide bonds. The van der Waals surface area contributed by atoms with E-state index in [2.05, 4.69) is 30.3 Å². The summed E-state index contributed by atoms with van der Waals surface area (Å²) in [5, 5.41) is 0. The molecule has 80 valence electrons. The highest BCUT2D eigenvalue weighted by Gasteiger charge is 2.14. The monoisotopic (exact) mass is 209 g/mol. The zero-order chi connectivity index (χ0) is 11.4. The fraction of sp³-hybridized carbons (Fsp3) is 0.267. The van der Waals surface area contributed by atoms with E-state index in [1.165, 1.54) is 23.1 Å². The molecule has 1 aromatic rings. The van der Waals surface area contributed by atoms with Crippen LogP contribution in [-0.2, 0) is 0 Å². The van der Waals surface area contributed by atoms with Crippen molar-refractivity contribution in [3.8, 4) is 11.8 Å². The van der Waals surface area contributed by atoms with E-state index in [1.807, 2.05) is 18.2 Å². The van der Waals surface area contributed by atoms with Gasteiger partial charge in [0.05, 0.1) is 0 Å². The lowest BCUT2D eigenvalue weighted by Gasteiger charge is -2.19. The third kappa shape index (κ3) is 2.61. The predicted octanol–water partition coefficient (Wildman–Crippen LogP) is 3.49. The highest BCUT2D eigenvalue weighted by Crippen LogP contribution is 2.31. The lowest BCUT2D eigenvalue weighted by molar-refractivity contribution is 0.792. The first-order valence-corrected chi connectivity index (χ1v) is 5.54. The molecule has 1 aromatic heterocycles. The van der Waals surface area contributed by atoms with Crippen LogP contribution in [0.4, 0.5) is 0 Å². The minimum atomic E-state index is 0.844. The zero-order valence-electron chi connectivity index (χ0n) is 9.59. The van der Waals surface area contributed by atoms with Gasteiger partial charge in [-0.15, -0.1) is 0 Å². The molecular weight excluding hydrogens is 194 g/mol. The number of pyridine rings is 1. The van der Waals surface area contributed by atoms with Crippen LogP contribution >= 0.6 is 0 Å². The lowest BCUT2D eigenvalue weighted by Crippen LogP contribution is -2.02. The van der Waals surface area contributed by atoms with E-state index >= 15 is 0 Å². The smallest absolute Gasteiger partial charge is 0.113 e. The molecular formula is C15H15N. The van der Waals surface area contributed by atoms with Crippen LogP contribution in [0.3, 0.4) is 0 Å². The van der Waals surface area contributed by atoms with Crippen molar-refractivity contribution >= 4 is 0 Å². The maximum absolute atomic E-state index is 4.18. The predicted molar refractivity (Wildman–Crippen MR) is 66.8 cm³/mol. The average molecular weight is 209 g/mol. The molecule has 0 spiro atoms. The van der Waals surface area contributed by atoms with Gasteiger partial charge in [-0.2, -0.15) is 0 Å². The first kappa shape index (κ1) is 10.7. The molecule has 0 radical (unpaired) electrons. The Balaban J connectivity index is 2.11. The fourth-order valence-electron chi connectivity index (χ4n) is 1.71. The van der Waals surface area contributed by atoms with Crippen molar-refractivity contribution < 1.29 is 0 Å². The molecule has 0 unspecified atom stereocenters. The Morgan fingerprint density at radius 3 is 2.81 bits per heavy atom. The number of hydrogen-bond donors (Lipinski definition) is 0. The number of nitrogens with zero attached hydrogens (tertiary/aromatic N) is 1. The molecule has 0 N–H and O–H groups in total. The third-order valence-electron chi connectivity index (χ3n) is 2.63. The highest BCUT2D eigenvalue weighted by molar-refractivity contribution is 5.45. The topological polar surface area (TPSA) is 12.9 Å². The standard InChI is InChI=1S/C15H15N/c1-12(2)11-14-7-6-13(14)8-9-15-5-3-4-10-16-15/h3-5,10H,1,6-7,11H2,2H3. The molecule has 0 saturated heterocycles. The molecule has 0 aromatic carbocycles. The normalized spacial score (nSPS) is 13.8. The second-order valence-corrected chi connectivity index (χ2v) is 4.18. The minimum Gasteiger partial charge on any atom is -0.248 e. The second-order valence-electron chi connectivity index (χ2n) is 4.18. The van der Waals surface area contributed by atoms with Crippen molar-refractivity contribution in [2.75, 3.05) is 0 Å². The SMILES string of the molecule is C=C(C)CC1=C(C#Cc2ccccn2)CC1. The van der Waals surface area contributed by atoms with Crippen LogP contribution in [0, 0.1) is 11.8 Å². The van der Waals surface area contributed by atoms with E-state index < -0.39 is 0 Å². The van der Waals surface area contributed by atoms with Gasteiger partial charge in [-0.1, -0.05) is 29.7 Å². The lowest BCUT2D eigenvalue weighted by atomic mass is 9.85. The summed E-state index contributed by atoms with van der Waals surface area (Å²) < 4.78 is 0. The first-order valence-electron chi connectivity index (χ1n) is 5.54. The summed E-state index contributed by atoms with van der Waals surface area (Å²) in [5.41, 5.74) is 4.80. The van der Waals surface area contributed by atoms with Crippen LogP contribution in [0.15, 0.2) is 47.7 Å². The van der Waals surface area contributed by atoms with Crippen molar-refractivity contribution in [3.63, 3.8) is 0 Å². The maximum Gasteiger partial charge on any atom is 0.113 e. The van der Waals surface area contributed by atoms with Crippen molar-refractivity contribution in [2.45, 2.75) is 26.2 Å². The summed E-state index contributed by atoms with van der Waals surface area (Å²) in [4.78, 5) is 4.18. The summed E-state index contributed by atoms with van der Waals surface area (Å²) in [6.07, 6.45) is 5.07. The van der Waals surface area contributed by atoms with Gasteiger partial charge in [0, 0.05) is 11.8 Å². The Labute approximate surface area is 96.9 Å². The average Bonchev–Trinajstić information content (AvgIpc) is 2.26. The number of rotatable bonds is 2. The van der Waals surface area contributed by atoms with Gasteiger partial charge in [0.2, 0.25) is 0 Å². The number of aromatic nitrogens is 1. The Kier molecular flexibility index (Phi) is 3.22. The minimum absolute atomic E-state index is 0.844. The van der Waals surface area contributed by atoms with Gasteiger partial charge in [0.25, 0.3) is 0 Å². The van der Waals surface area contributed by atoms with Gasteiger partial charge in [-0.05, 0) is 44.2 Å². The fourth-order valence-corrected chi connectivity index (χ4v) is 1.71. The van der Waals surface area contributed by atoms with Gasteiger partial charge >= 0.3 is 0 Å². The molecule has 0 saturated carbocycles. The second kappa shape index (κ2) is 4.81. The van der Waals surface area contributed by atoms with E-state index in [1.54, 1.807) is 6.20 Å². The Bertz CT molecular complexity index is 483. The van der Waals surface area contributed by atoms with Crippen LogP contribution in [0.1, 0.15) is 31.9 Å². The zero-order valence-corrected chi connectivity index (χ0v) is 9.59. The Morgan fingerprint density at radius 2 is 2.25 bits per heavy atom. The Hall–Kier alpha value is -1.81. The molecule has 1 aliphatic rings. The summed E-state index contributed by atoms with van der Waals surface area (Å²) in [5.74, 6) is 6.32. The van der Waals surface area contributed by atoms with Gasteiger partial charge in [-0.3, -0.25) is 0 Å².